The molecule has 0 aliphatic carbocycles. The Balaban J connectivity index is 0.00000256. The maximum atomic E-state index is 10.2. The monoisotopic (exact) mass is 242 g/mol. The van der Waals surface area contributed by atoms with E-state index in [2.05, 4.69) is 24.3 Å². The van der Waals surface area contributed by atoms with Crippen molar-refractivity contribution in [1.82, 2.24) is 0 Å². The molecule has 1 rings (SSSR count). The van der Waals surface area contributed by atoms with Crippen LogP contribution in [-0.2, 0) is 11.2 Å². The number of aryl methyl sites for hydroxylation is 1. The van der Waals surface area contributed by atoms with Gasteiger partial charge < -0.3 is 9.90 Å². The molecule has 0 unspecified atom stereocenters. The summed E-state index contributed by atoms with van der Waals surface area (Å²) in [5.74, 6) is -0.927. The Labute approximate surface area is 126 Å². The molecular formula is C14H19NaO2. The van der Waals surface area contributed by atoms with Gasteiger partial charge in [-0.2, -0.15) is 0 Å². The van der Waals surface area contributed by atoms with Gasteiger partial charge in [-0.05, 0) is 31.2 Å². The van der Waals surface area contributed by atoms with E-state index in [1.54, 1.807) is 0 Å². The Hall–Kier alpha value is -0.310. The molecule has 0 aliphatic heterocycles. The van der Waals surface area contributed by atoms with E-state index >= 15 is 0 Å². The van der Waals surface area contributed by atoms with Gasteiger partial charge in [0.2, 0.25) is 0 Å². The number of carbonyl (C=O) groups is 1. The molecular weight excluding hydrogens is 223 g/mol. The largest absolute Gasteiger partial charge is 1.00 e. The van der Waals surface area contributed by atoms with Gasteiger partial charge in [0, 0.05) is 5.97 Å². The number of carboxylic acids is 1. The summed E-state index contributed by atoms with van der Waals surface area (Å²) in [6.45, 7) is 0. The van der Waals surface area contributed by atoms with E-state index in [4.69, 9.17) is 0 Å². The van der Waals surface area contributed by atoms with Crippen LogP contribution in [0.1, 0.15) is 44.1 Å². The molecule has 0 saturated heterocycles. The maximum absolute atomic E-state index is 10.2. The number of benzene rings is 1. The number of aliphatic carboxylic acids is 1. The molecule has 1 aromatic carbocycles. The van der Waals surface area contributed by atoms with Crippen molar-refractivity contribution < 1.29 is 39.5 Å². The van der Waals surface area contributed by atoms with E-state index in [9.17, 15) is 9.90 Å². The summed E-state index contributed by atoms with van der Waals surface area (Å²) in [4.78, 5) is 10.2. The molecule has 0 spiro atoms. The summed E-state index contributed by atoms with van der Waals surface area (Å²) >= 11 is 0. The maximum Gasteiger partial charge on any atom is 1.00 e. The average molecular weight is 242 g/mol. The van der Waals surface area contributed by atoms with Crippen LogP contribution in [0.25, 0.3) is 0 Å². The second-order valence-electron chi connectivity index (χ2n) is 4.13. The predicted octanol–water partition coefficient (Wildman–Crippen LogP) is -0.676. The first kappa shape index (κ1) is 16.7. The Morgan fingerprint density at radius 2 is 1.53 bits per heavy atom. The molecule has 2 nitrogen and oxygen atoms in total. The van der Waals surface area contributed by atoms with E-state index in [0.29, 0.717) is 0 Å². The van der Waals surface area contributed by atoms with Crippen LogP contribution in [0.3, 0.4) is 0 Å². The zero-order valence-corrected chi connectivity index (χ0v) is 12.7. The van der Waals surface area contributed by atoms with Gasteiger partial charge in [0.05, 0.1) is 0 Å². The van der Waals surface area contributed by atoms with Crippen molar-refractivity contribution in [1.29, 1.82) is 0 Å². The first-order valence-corrected chi connectivity index (χ1v) is 6.03. The first-order valence-electron chi connectivity index (χ1n) is 6.03. The van der Waals surface area contributed by atoms with Crippen LogP contribution < -0.4 is 34.7 Å². The summed E-state index contributed by atoms with van der Waals surface area (Å²) in [5, 5.41) is 10.2. The summed E-state index contributed by atoms with van der Waals surface area (Å²) < 4.78 is 0. The van der Waals surface area contributed by atoms with Gasteiger partial charge in [0.15, 0.2) is 0 Å². The number of rotatable bonds is 8. The minimum Gasteiger partial charge on any atom is -0.550 e. The van der Waals surface area contributed by atoms with E-state index in [1.165, 1.54) is 18.4 Å². The van der Waals surface area contributed by atoms with E-state index in [-0.39, 0.29) is 36.0 Å². The molecule has 0 saturated carbocycles. The molecule has 17 heavy (non-hydrogen) atoms. The zero-order chi connectivity index (χ0) is 11.6. The fourth-order valence-corrected chi connectivity index (χ4v) is 1.77. The van der Waals surface area contributed by atoms with Crippen LogP contribution in [-0.4, -0.2) is 5.97 Å². The molecule has 1 aromatic rings. The molecule has 0 atom stereocenters. The smallest absolute Gasteiger partial charge is 0.550 e. The number of carbonyl (C=O) groups excluding carboxylic acids is 1. The van der Waals surface area contributed by atoms with Gasteiger partial charge in [-0.15, -0.1) is 0 Å². The van der Waals surface area contributed by atoms with Crippen molar-refractivity contribution in [2.75, 3.05) is 0 Å². The van der Waals surface area contributed by atoms with Crippen molar-refractivity contribution in [3.63, 3.8) is 0 Å². The van der Waals surface area contributed by atoms with E-state index in [1.807, 2.05) is 6.07 Å². The minimum absolute atomic E-state index is 0. The standard InChI is InChI=1S/C14H20O2.Na/c15-14(16)12-8-3-1-2-5-9-13-10-6-4-7-11-13;/h4,6-7,10-11H,1-3,5,8-9,12H2,(H,15,16);/q;+1/p-1. The van der Waals surface area contributed by atoms with Crippen LogP contribution >= 0.6 is 0 Å². The van der Waals surface area contributed by atoms with Gasteiger partial charge in [-0.3, -0.25) is 0 Å². The second-order valence-corrected chi connectivity index (χ2v) is 4.13. The molecule has 0 radical (unpaired) electrons. The van der Waals surface area contributed by atoms with Gasteiger partial charge in [0.1, 0.15) is 0 Å². The van der Waals surface area contributed by atoms with Gasteiger partial charge in [-0.1, -0.05) is 49.6 Å². The van der Waals surface area contributed by atoms with Gasteiger partial charge in [-0.25, -0.2) is 0 Å². The summed E-state index contributed by atoms with van der Waals surface area (Å²) in [7, 11) is 0. The number of hydrogen-bond acceptors (Lipinski definition) is 2. The zero-order valence-electron chi connectivity index (χ0n) is 10.7. The molecule has 88 valence electrons. The molecule has 0 bridgehead atoms. The van der Waals surface area contributed by atoms with Gasteiger partial charge in [0.25, 0.3) is 0 Å². The molecule has 0 aliphatic rings. The molecule has 0 N–H and O–H groups in total. The Morgan fingerprint density at radius 1 is 0.941 bits per heavy atom. The fourth-order valence-electron chi connectivity index (χ4n) is 1.77. The third-order valence-corrected chi connectivity index (χ3v) is 2.69. The molecule has 3 heteroatoms. The molecule has 0 amide bonds. The Morgan fingerprint density at radius 3 is 2.18 bits per heavy atom. The van der Waals surface area contributed by atoms with Crippen molar-refractivity contribution in [3.8, 4) is 0 Å². The van der Waals surface area contributed by atoms with Crippen molar-refractivity contribution >= 4 is 5.97 Å². The third-order valence-electron chi connectivity index (χ3n) is 2.69. The van der Waals surface area contributed by atoms with Crippen LogP contribution in [0, 0.1) is 0 Å². The Kier molecular flexibility index (Phi) is 10.6. The minimum atomic E-state index is -0.927. The molecule has 0 heterocycles. The number of hydrogen-bond donors (Lipinski definition) is 0. The van der Waals surface area contributed by atoms with Crippen LogP contribution in [0.15, 0.2) is 30.3 Å². The number of carboxylic acid groups (broad SMARTS) is 1. The first-order chi connectivity index (χ1) is 7.79. The van der Waals surface area contributed by atoms with Crippen LogP contribution in [0.4, 0.5) is 0 Å². The van der Waals surface area contributed by atoms with E-state index in [0.717, 1.165) is 25.7 Å². The molecule has 0 aromatic heterocycles. The second kappa shape index (κ2) is 10.8. The average Bonchev–Trinajstić information content (AvgIpc) is 2.29. The van der Waals surface area contributed by atoms with Crippen molar-refractivity contribution in [2.24, 2.45) is 0 Å². The van der Waals surface area contributed by atoms with Crippen molar-refractivity contribution in [3.05, 3.63) is 35.9 Å². The summed E-state index contributed by atoms with van der Waals surface area (Å²) in [6.07, 6.45) is 6.59. The summed E-state index contributed by atoms with van der Waals surface area (Å²) in [5.41, 5.74) is 1.39. The van der Waals surface area contributed by atoms with Gasteiger partial charge >= 0.3 is 29.6 Å². The van der Waals surface area contributed by atoms with Crippen LogP contribution in [0.2, 0.25) is 0 Å². The quantitative estimate of drug-likeness (QED) is 0.448. The number of unbranched alkanes of at least 4 members (excludes halogenated alkanes) is 4. The molecule has 0 fully saturated rings. The summed E-state index contributed by atoms with van der Waals surface area (Å²) in [6, 6.07) is 10.5. The normalized spacial score (nSPS) is 9.65. The topological polar surface area (TPSA) is 40.1 Å². The van der Waals surface area contributed by atoms with Crippen molar-refractivity contribution in [2.45, 2.75) is 44.9 Å². The third kappa shape index (κ3) is 9.40. The predicted molar refractivity (Wildman–Crippen MR) is 62.9 cm³/mol. The van der Waals surface area contributed by atoms with Crippen LogP contribution in [0.5, 0.6) is 0 Å². The fraction of sp³-hybridized carbons (Fsp3) is 0.500. The Bertz CT molecular complexity index is 298. The van der Waals surface area contributed by atoms with E-state index < -0.39 is 5.97 Å². The SMILES string of the molecule is O=C([O-])CCCCCCCc1ccccc1.[Na+].